The van der Waals surface area contributed by atoms with Gasteiger partial charge in [-0.2, -0.15) is 0 Å². The van der Waals surface area contributed by atoms with E-state index < -0.39 is 6.10 Å². The third-order valence-corrected chi connectivity index (χ3v) is 6.31. The maximum Gasteiger partial charge on any atom is 0.268 e. The van der Waals surface area contributed by atoms with Crippen molar-refractivity contribution >= 4 is 67.4 Å². The predicted octanol–water partition coefficient (Wildman–Crippen LogP) is 4.69. The van der Waals surface area contributed by atoms with Gasteiger partial charge < -0.3 is 15.4 Å². The third kappa shape index (κ3) is 4.94. The second-order valence-electron chi connectivity index (χ2n) is 7.94. The van der Waals surface area contributed by atoms with Gasteiger partial charge in [0.25, 0.3) is 5.91 Å². The highest BCUT2D eigenvalue weighted by molar-refractivity contribution is 7.22. The van der Waals surface area contributed by atoms with E-state index >= 15 is 0 Å². The Labute approximate surface area is 199 Å². The van der Waals surface area contributed by atoms with Crippen LogP contribution >= 0.6 is 22.9 Å². The van der Waals surface area contributed by atoms with Crippen molar-refractivity contribution in [1.29, 1.82) is 0 Å². The van der Waals surface area contributed by atoms with Crippen LogP contribution in [-0.4, -0.2) is 35.4 Å². The number of aromatic nitrogens is 1. The van der Waals surface area contributed by atoms with Crippen LogP contribution in [0.4, 0.5) is 16.5 Å². The first-order valence-electron chi connectivity index (χ1n) is 10.5. The molecule has 0 saturated carbocycles. The van der Waals surface area contributed by atoms with Crippen LogP contribution in [0.2, 0.25) is 5.02 Å². The van der Waals surface area contributed by atoms with Gasteiger partial charge in [0.1, 0.15) is 12.3 Å². The molecule has 0 aliphatic carbocycles. The summed E-state index contributed by atoms with van der Waals surface area (Å²) in [6, 6.07) is 10.3. The number of benzene rings is 2. The van der Waals surface area contributed by atoms with Crippen LogP contribution in [-0.2, 0) is 14.4 Å². The van der Waals surface area contributed by atoms with Gasteiger partial charge in [-0.05, 0) is 42.8 Å². The molecule has 1 aliphatic heterocycles. The van der Waals surface area contributed by atoms with Crippen molar-refractivity contribution in [3.63, 3.8) is 0 Å². The number of hydrogen-bond acceptors (Lipinski definition) is 6. The molecule has 33 heavy (non-hydrogen) atoms. The summed E-state index contributed by atoms with van der Waals surface area (Å²) in [6.45, 7) is 5.29. The molecule has 1 atom stereocenters. The van der Waals surface area contributed by atoms with E-state index in [4.69, 9.17) is 16.3 Å². The number of carbonyl (C=O) groups is 3. The first kappa shape index (κ1) is 23.0. The Hall–Kier alpha value is -3.17. The quantitative estimate of drug-likeness (QED) is 0.526. The van der Waals surface area contributed by atoms with Crippen LogP contribution in [0.25, 0.3) is 10.2 Å². The second-order valence-corrected chi connectivity index (χ2v) is 9.41. The maximum atomic E-state index is 12.9. The fraction of sp³-hybridized carbons (Fsp3) is 0.304. The molecule has 3 amide bonds. The predicted molar refractivity (Wildman–Crippen MR) is 130 cm³/mol. The van der Waals surface area contributed by atoms with Crippen molar-refractivity contribution < 1.29 is 19.1 Å². The van der Waals surface area contributed by atoms with Gasteiger partial charge in [-0.15, -0.1) is 0 Å². The van der Waals surface area contributed by atoms with Crippen LogP contribution in [0.1, 0.15) is 27.2 Å². The molecule has 8 nitrogen and oxygen atoms in total. The van der Waals surface area contributed by atoms with E-state index in [-0.39, 0.29) is 30.2 Å². The number of halogens is 1. The average Bonchev–Trinajstić information content (AvgIpc) is 3.17. The summed E-state index contributed by atoms with van der Waals surface area (Å²) in [6.07, 6.45) is -0.174. The number of hydrogen-bond donors (Lipinski definition) is 2. The molecular formula is C23H23ClN4O4S. The van der Waals surface area contributed by atoms with Gasteiger partial charge in [0.2, 0.25) is 11.8 Å². The first-order valence-corrected chi connectivity index (χ1v) is 11.7. The average molecular weight is 487 g/mol. The Morgan fingerprint density at radius 3 is 2.73 bits per heavy atom. The first-order chi connectivity index (χ1) is 15.7. The van der Waals surface area contributed by atoms with E-state index in [1.165, 1.54) is 16.2 Å². The molecule has 0 radical (unpaired) electrons. The number of anilines is 3. The molecule has 2 aromatic carbocycles. The summed E-state index contributed by atoms with van der Waals surface area (Å²) in [5.74, 6) is -0.402. The highest BCUT2D eigenvalue weighted by atomic mass is 35.5. The lowest BCUT2D eigenvalue weighted by molar-refractivity contribution is -0.128. The Balaban J connectivity index is 1.51. The highest BCUT2D eigenvalue weighted by Gasteiger charge is 2.34. The van der Waals surface area contributed by atoms with Crippen molar-refractivity contribution in [1.82, 2.24) is 4.98 Å². The molecule has 1 aromatic heterocycles. The monoisotopic (exact) mass is 486 g/mol. The van der Waals surface area contributed by atoms with Crippen LogP contribution < -0.4 is 20.3 Å². The van der Waals surface area contributed by atoms with Gasteiger partial charge in [-0.25, -0.2) is 4.98 Å². The van der Waals surface area contributed by atoms with E-state index in [1.54, 1.807) is 30.3 Å². The zero-order valence-electron chi connectivity index (χ0n) is 18.3. The molecule has 0 unspecified atom stereocenters. The Kier molecular flexibility index (Phi) is 6.53. The summed E-state index contributed by atoms with van der Waals surface area (Å²) in [5, 5.41) is 6.56. The minimum absolute atomic E-state index is 0.108. The molecule has 0 saturated heterocycles. The van der Waals surface area contributed by atoms with Crippen molar-refractivity contribution in [3.05, 3.63) is 41.4 Å². The van der Waals surface area contributed by atoms with Crippen LogP contribution in [0.5, 0.6) is 5.75 Å². The van der Waals surface area contributed by atoms with Gasteiger partial charge in [0.05, 0.1) is 15.9 Å². The van der Waals surface area contributed by atoms with Gasteiger partial charge in [0, 0.05) is 16.6 Å². The van der Waals surface area contributed by atoms with E-state index in [2.05, 4.69) is 15.6 Å². The number of amides is 3. The number of fused-ring (bicyclic) bond motifs is 2. The van der Waals surface area contributed by atoms with E-state index in [1.807, 2.05) is 26.8 Å². The number of thiazole rings is 1. The van der Waals surface area contributed by atoms with Crippen LogP contribution in [0.15, 0.2) is 36.4 Å². The highest BCUT2D eigenvalue weighted by Crippen LogP contribution is 2.37. The van der Waals surface area contributed by atoms with Gasteiger partial charge in [0.15, 0.2) is 11.2 Å². The maximum absolute atomic E-state index is 12.9. The number of carbonyl (C=O) groups excluding carboxylic acids is 3. The molecule has 2 N–H and O–H groups in total. The standard InChI is InChI=1S/C23H23ClN4O4S/c1-4-17-22(31)28(16-9-13(24)5-7-18(16)32-17)11-20(29)25-14-6-8-19-15(10-14)26-23(33-19)27-21(30)12(2)3/h5-10,12,17H,4,11H2,1-3H3,(H,25,29)(H,26,27,30)/t17-/m1/s1. The van der Waals surface area contributed by atoms with Crippen molar-refractivity contribution in [2.24, 2.45) is 5.92 Å². The van der Waals surface area contributed by atoms with E-state index in [9.17, 15) is 14.4 Å². The summed E-state index contributed by atoms with van der Waals surface area (Å²) < 4.78 is 6.63. The molecule has 0 bridgehead atoms. The third-order valence-electron chi connectivity index (χ3n) is 5.12. The molecule has 1 aliphatic rings. The van der Waals surface area contributed by atoms with Gasteiger partial charge >= 0.3 is 0 Å². The largest absolute Gasteiger partial charge is 0.478 e. The second kappa shape index (κ2) is 9.36. The smallest absolute Gasteiger partial charge is 0.268 e. The van der Waals surface area contributed by atoms with Gasteiger partial charge in [-0.3, -0.25) is 19.3 Å². The molecule has 0 fully saturated rings. The summed E-state index contributed by atoms with van der Waals surface area (Å²) in [7, 11) is 0. The lowest BCUT2D eigenvalue weighted by Gasteiger charge is -2.33. The lowest BCUT2D eigenvalue weighted by Crippen LogP contribution is -2.48. The molecule has 172 valence electrons. The lowest BCUT2D eigenvalue weighted by atomic mass is 10.1. The molecule has 3 aromatic rings. The van der Waals surface area contributed by atoms with Crippen LogP contribution in [0, 0.1) is 5.92 Å². The number of ether oxygens (including phenoxy) is 1. The molecule has 4 rings (SSSR count). The summed E-state index contributed by atoms with van der Waals surface area (Å²) in [5.41, 5.74) is 1.66. The van der Waals surface area contributed by atoms with Crippen molar-refractivity contribution in [2.75, 3.05) is 22.1 Å². The van der Waals surface area contributed by atoms with Crippen molar-refractivity contribution in [2.45, 2.75) is 33.3 Å². The van der Waals surface area contributed by atoms with Gasteiger partial charge in [-0.1, -0.05) is 43.7 Å². The Morgan fingerprint density at radius 1 is 1.21 bits per heavy atom. The van der Waals surface area contributed by atoms with Crippen molar-refractivity contribution in [3.8, 4) is 5.75 Å². The van der Waals surface area contributed by atoms with E-state index in [0.717, 1.165) is 4.70 Å². The zero-order valence-corrected chi connectivity index (χ0v) is 19.9. The normalized spacial score (nSPS) is 15.4. The molecule has 0 spiro atoms. The number of nitrogens with one attached hydrogen (secondary N) is 2. The Morgan fingerprint density at radius 2 is 2.00 bits per heavy atom. The molecule has 10 heteroatoms. The minimum Gasteiger partial charge on any atom is -0.478 e. The van der Waals surface area contributed by atoms with E-state index in [0.29, 0.717) is 39.2 Å². The minimum atomic E-state index is -0.655. The fourth-order valence-corrected chi connectivity index (χ4v) is 4.39. The fourth-order valence-electron chi connectivity index (χ4n) is 3.37. The summed E-state index contributed by atoms with van der Waals surface area (Å²) >= 11 is 7.47. The summed E-state index contributed by atoms with van der Waals surface area (Å²) in [4.78, 5) is 43.4. The topological polar surface area (TPSA) is 101 Å². The zero-order chi connectivity index (χ0) is 23.7. The SMILES string of the molecule is CC[C@H]1Oc2ccc(Cl)cc2N(CC(=O)Nc2ccc3sc(NC(=O)C(C)C)nc3c2)C1=O. The number of nitrogens with zero attached hydrogens (tertiary/aromatic N) is 2. The number of rotatable bonds is 6. The Bertz CT molecular complexity index is 1240. The molecular weight excluding hydrogens is 464 g/mol. The van der Waals surface area contributed by atoms with Crippen LogP contribution in [0.3, 0.4) is 0 Å². The molecule has 2 heterocycles.